The van der Waals surface area contributed by atoms with Crippen LogP contribution in [0.3, 0.4) is 0 Å². The normalized spacial score (nSPS) is 10.5. The average Bonchev–Trinajstić information content (AvgIpc) is 2.74. The zero-order chi connectivity index (χ0) is 12.1. The van der Waals surface area contributed by atoms with Crippen LogP contribution in [0.2, 0.25) is 0 Å². The maximum atomic E-state index is 4.30. The summed E-state index contributed by atoms with van der Waals surface area (Å²) in [5.41, 5.74) is 2.08. The van der Waals surface area contributed by atoms with Crippen molar-refractivity contribution in [1.29, 1.82) is 0 Å². The lowest BCUT2D eigenvalue weighted by molar-refractivity contribution is 0.746. The van der Waals surface area contributed by atoms with Gasteiger partial charge in [0.15, 0.2) is 0 Å². The highest BCUT2D eigenvalue weighted by molar-refractivity contribution is 5.35. The molecule has 1 N–H and O–H groups in total. The molecule has 0 aliphatic heterocycles. The topological polar surface area (TPSA) is 55.6 Å². The van der Waals surface area contributed by atoms with Gasteiger partial charge in [0.1, 0.15) is 12.1 Å². The third-order valence-corrected chi connectivity index (χ3v) is 2.45. The Labute approximate surface area is 101 Å². The van der Waals surface area contributed by atoms with Crippen LogP contribution in [0.4, 0.5) is 5.82 Å². The van der Waals surface area contributed by atoms with E-state index in [1.165, 1.54) is 0 Å². The lowest BCUT2D eigenvalue weighted by Gasteiger charge is -2.04. The Morgan fingerprint density at radius 1 is 1.29 bits per heavy atom. The van der Waals surface area contributed by atoms with Crippen LogP contribution < -0.4 is 5.32 Å². The Balaban J connectivity index is 1.96. The van der Waals surface area contributed by atoms with E-state index in [4.69, 9.17) is 0 Å². The van der Waals surface area contributed by atoms with E-state index in [0.29, 0.717) is 6.54 Å². The van der Waals surface area contributed by atoms with Crippen molar-refractivity contribution in [1.82, 2.24) is 19.7 Å². The highest BCUT2D eigenvalue weighted by Crippen LogP contribution is 2.07. The van der Waals surface area contributed by atoms with Gasteiger partial charge in [-0.1, -0.05) is 13.3 Å². The molecule has 0 unspecified atom stereocenters. The van der Waals surface area contributed by atoms with Crippen LogP contribution in [0.25, 0.3) is 0 Å². The summed E-state index contributed by atoms with van der Waals surface area (Å²) in [6, 6.07) is 3.98. The summed E-state index contributed by atoms with van der Waals surface area (Å²) in [7, 11) is 1.91. The van der Waals surface area contributed by atoms with Gasteiger partial charge in [-0.2, -0.15) is 5.10 Å². The third-order valence-electron chi connectivity index (χ3n) is 2.45. The number of nitrogens with one attached hydrogen (secondary N) is 1. The summed E-state index contributed by atoms with van der Waals surface area (Å²) >= 11 is 0. The summed E-state index contributed by atoms with van der Waals surface area (Å²) in [5, 5.41) is 7.54. The van der Waals surface area contributed by atoms with E-state index < -0.39 is 0 Å². The Kier molecular flexibility index (Phi) is 3.69. The van der Waals surface area contributed by atoms with Crippen LogP contribution in [0.15, 0.2) is 24.7 Å². The van der Waals surface area contributed by atoms with Gasteiger partial charge in [-0.05, 0) is 12.5 Å². The molecule has 0 fully saturated rings. The van der Waals surface area contributed by atoms with Gasteiger partial charge in [0.05, 0.1) is 12.2 Å². The predicted octanol–water partition coefficient (Wildman–Crippen LogP) is 1.77. The number of rotatable bonds is 5. The Morgan fingerprint density at radius 3 is 2.88 bits per heavy atom. The molecule has 0 atom stereocenters. The first-order valence-electron chi connectivity index (χ1n) is 5.81. The number of hydrogen-bond donors (Lipinski definition) is 1. The van der Waals surface area contributed by atoms with Crippen molar-refractivity contribution in [2.24, 2.45) is 7.05 Å². The minimum absolute atomic E-state index is 0.684. The average molecular weight is 231 g/mol. The molecular formula is C12H17N5. The maximum Gasteiger partial charge on any atom is 0.129 e. The number of nitrogens with zero attached hydrogens (tertiary/aromatic N) is 4. The molecule has 2 aromatic rings. The van der Waals surface area contributed by atoms with Gasteiger partial charge in [-0.25, -0.2) is 9.97 Å². The summed E-state index contributed by atoms with van der Waals surface area (Å²) in [4.78, 5) is 8.40. The highest BCUT2D eigenvalue weighted by Gasteiger charge is 2.00. The predicted molar refractivity (Wildman–Crippen MR) is 66.6 cm³/mol. The Bertz CT molecular complexity index is 477. The highest BCUT2D eigenvalue weighted by atomic mass is 15.3. The molecule has 0 amide bonds. The van der Waals surface area contributed by atoms with Gasteiger partial charge in [0.25, 0.3) is 0 Å². The van der Waals surface area contributed by atoms with E-state index in [-0.39, 0.29) is 0 Å². The maximum absolute atomic E-state index is 4.30. The molecule has 2 aromatic heterocycles. The van der Waals surface area contributed by atoms with Crippen molar-refractivity contribution in [2.45, 2.75) is 26.3 Å². The number of aromatic nitrogens is 4. The van der Waals surface area contributed by atoms with Crippen LogP contribution in [-0.4, -0.2) is 19.7 Å². The molecule has 0 spiro atoms. The first-order valence-corrected chi connectivity index (χ1v) is 5.81. The summed E-state index contributed by atoms with van der Waals surface area (Å²) in [5.74, 6) is 0.856. The van der Waals surface area contributed by atoms with Gasteiger partial charge in [0, 0.05) is 25.0 Å². The standard InChI is InChI=1S/C12H17N5/c1-3-4-10-7-12(15-9-14-10)13-8-11-5-6-17(2)16-11/h5-7,9H,3-4,8H2,1-2H3,(H,13,14,15). The van der Waals surface area contributed by atoms with Crippen LogP contribution >= 0.6 is 0 Å². The summed E-state index contributed by atoms with van der Waals surface area (Å²) < 4.78 is 1.79. The smallest absolute Gasteiger partial charge is 0.129 e. The molecule has 5 nitrogen and oxygen atoms in total. The second-order valence-corrected chi connectivity index (χ2v) is 3.98. The van der Waals surface area contributed by atoms with Gasteiger partial charge >= 0.3 is 0 Å². The van der Waals surface area contributed by atoms with Crippen LogP contribution in [0.5, 0.6) is 0 Å². The van der Waals surface area contributed by atoms with Crippen LogP contribution in [0.1, 0.15) is 24.7 Å². The molecule has 17 heavy (non-hydrogen) atoms. The van der Waals surface area contributed by atoms with E-state index in [9.17, 15) is 0 Å². The zero-order valence-electron chi connectivity index (χ0n) is 10.2. The molecule has 0 saturated heterocycles. The SMILES string of the molecule is CCCc1cc(NCc2ccn(C)n2)ncn1. The van der Waals surface area contributed by atoms with Crippen LogP contribution in [-0.2, 0) is 20.0 Å². The van der Waals surface area contributed by atoms with E-state index in [1.54, 1.807) is 11.0 Å². The molecule has 0 bridgehead atoms. The summed E-state index contributed by atoms with van der Waals surface area (Å²) in [6.45, 7) is 2.83. The zero-order valence-corrected chi connectivity index (χ0v) is 10.2. The first-order chi connectivity index (χ1) is 8.28. The first kappa shape index (κ1) is 11.6. The third kappa shape index (κ3) is 3.27. The minimum atomic E-state index is 0.684. The quantitative estimate of drug-likeness (QED) is 0.852. The fourth-order valence-corrected chi connectivity index (χ4v) is 1.63. The summed E-state index contributed by atoms with van der Waals surface area (Å²) in [6.07, 6.45) is 5.61. The van der Waals surface area contributed by atoms with Crippen molar-refractivity contribution in [2.75, 3.05) is 5.32 Å². The molecule has 0 radical (unpaired) electrons. The largest absolute Gasteiger partial charge is 0.364 e. The fraction of sp³-hybridized carbons (Fsp3) is 0.417. The van der Waals surface area contributed by atoms with E-state index in [2.05, 4.69) is 27.3 Å². The van der Waals surface area contributed by atoms with Gasteiger partial charge in [-0.15, -0.1) is 0 Å². The van der Waals surface area contributed by atoms with Gasteiger partial charge < -0.3 is 5.32 Å². The monoisotopic (exact) mass is 231 g/mol. The van der Waals surface area contributed by atoms with Crippen LogP contribution in [0, 0.1) is 0 Å². The van der Waals surface area contributed by atoms with Crippen molar-refractivity contribution in [3.63, 3.8) is 0 Å². The molecule has 0 aliphatic carbocycles. The van der Waals surface area contributed by atoms with E-state index >= 15 is 0 Å². The number of anilines is 1. The Hall–Kier alpha value is -1.91. The molecule has 2 heterocycles. The Morgan fingerprint density at radius 2 is 2.18 bits per heavy atom. The molecule has 0 aromatic carbocycles. The fourth-order valence-electron chi connectivity index (χ4n) is 1.63. The second kappa shape index (κ2) is 5.43. The lowest BCUT2D eigenvalue weighted by atomic mass is 10.2. The van der Waals surface area contributed by atoms with Crippen molar-refractivity contribution in [3.8, 4) is 0 Å². The molecule has 0 saturated carbocycles. The van der Waals surface area contributed by atoms with Crippen molar-refractivity contribution in [3.05, 3.63) is 36.0 Å². The van der Waals surface area contributed by atoms with E-state index in [1.807, 2.05) is 25.4 Å². The van der Waals surface area contributed by atoms with Crippen molar-refractivity contribution >= 4 is 5.82 Å². The van der Waals surface area contributed by atoms with Crippen molar-refractivity contribution < 1.29 is 0 Å². The lowest BCUT2D eigenvalue weighted by Crippen LogP contribution is -2.04. The molecule has 0 aliphatic rings. The van der Waals surface area contributed by atoms with Gasteiger partial charge in [0.2, 0.25) is 0 Å². The number of aryl methyl sites for hydroxylation is 2. The van der Waals surface area contributed by atoms with Gasteiger partial charge in [-0.3, -0.25) is 4.68 Å². The van der Waals surface area contributed by atoms with E-state index in [0.717, 1.165) is 30.0 Å². The molecule has 5 heteroatoms. The minimum Gasteiger partial charge on any atom is -0.364 e. The number of hydrogen-bond acceptors (Lipinski definition) is 4. The second-order valence-electron chi connectivity index (χ2n) is 3.98. The molecule has 90 valence electrons. The molecular weight excluding hydrogens is 214 g/mol. The molecule has 2 rings (SSSR count).